The third kappa shape index (κ3) is 4.22. The van der Waals surface area contributed by atoms with Crippen LogP contribution in [0.1, 0.15) is 32.1 Å². The molecule has 0 N–H and O–H groups in total. The third-order valence-electron chi connectivity index (χ3n) is 1.92. The molecule has 0 saturated heterocycles. The average molecular weight is 240 g/mol. The Bertz CT molecular complexity index is 417. The first-order valence-corrected chi connectivity index (χ1v) is 5.15. The van der Waals surface area contributed by atoms with Gasteiger partial charge in [0.2, 0.25) is 0 Å². The summed E-state index contributed by atoms with van der Waals surface area (Å²) in [5.74, 6) is -1.63. The molecule has 0 heterocycles. The van der Waals surface area contributed by atoms with E-state index in [0.717, 1.165) is 6.07 Å². The van der Waals surface area contributed by atoms with Crippen LogP contribution >= 0.6 is 0 Å². The first kappa shape index (κ1) is 13.2. The largest absolute Gasteiger partial charge is 0.421 e. The van der Waals surface area contributed by atoms with Crippen molar-refractivity contribution in [2.24, 2.45) is 0 Å². The van der Waals surface area contributed by atoms with Crippen molar-refractivity contribution in [3.63, 3.8) is 0 Å². The summed E-state index contributed by atoms with van der Waals surface area (Å²) >= 11 is 0. The highest BCUT2D eigenvalue weighted by Gasteiger charge is 2.19. The topological polar surface area (TPSA) is 52.6 Å². The number of hydrogen-bond donors (Lipinski definition) is 0. The molecule has 0 aromatic heterocycles. The van der Waals surface area contributed by atoms with E-state index in [1.54, 1.807) is 6.92 Å². The summed E-state index contributed by atoms with van der Waals surface area (Å²) < 4.78 is 22.7. The minimum Gasteiger partial charge on any atom is -0.421 e. The molecule has 0 saturated carbocycles. The van der Waals surface area contributed by atoms with Gasteiger partial charge in [0.15, 0.2) is 0 Å². The first-order chi connectivity index (χ1) is 8.02. The predicted octanol–water partition coefficient (Wildman–Crippen LogP) is 2.34. The molecule has 92 valence electrons. The Morgan fingerprint density at radius 3 is 2.59 bits per heavy atom. The van der Waals surface area contributed by atoms with E-state index in [2.05, 4.69) is 0 Å². The molecular weight excluding hydrogens is 227 g/mol. The Morgan fingerprint density at radius 2 is 2.06 bits per heavy atom. The van der Waals surface area contributed by atoms with E-state index < -0.39 is 24.0 Å². The summed E-state index contributed by atoms with van der Waals surface area (Å²) in [4.78, 5) is 22.0. The SMILES string of the molecule is CCC(=O)OC(OC(C)=O)c1cccc(F)c1. The molecule has 0 bridgehead atoms. The summed E-state index contributed by atoms with van der Waals surface area (Å²) in [5, 5.41) is 0. The molecule has 17 heavy (non-hydrogen) atoms. The molecule has 5 heteroatoms. The van der Waals surface area contributed by atoms with E-state index in [1.165, 1.54) is 25.1 Å². The average Bonchev–Trinajstić information content (AvgIpc) is 2.27. The number of halogens is 1. The van der Waals surface area contributed by atoms with Crippen molar-refractivity contribution in [3.05, 3.63) is 35.6 Å². The van der Waals surface area contributed by atoms with Gasteiger partial charge in [-0.3, -0.25) is 9.59 Å². The minimum atomic E-state index is -1.20. The molecule has 1 rings (SSSR count). The molecule has 1 unspecified atom stereocenters. The van der Waals surface area contributed by atoms with Crippen LogP contribution in [0.5, 0.6) is 0 Å². The molecule has 0 aliphatic heterocycles. The van der Waals surface area contributed by atoms with Crippen LogP contribution in [0.3, 0.4) is 0 Å². The zero-order valence-corrected chi connectivity index (χ0v) is 9.60. The Kier molecular flexibility index (Phi) is 4.63. The smallest absolute Gasteiger partial charge is 0.308 e. The minimum absolute atomic E-state index is 0.146. The van der Waals surface area contributed by atoms with Crippen LogP contribution < -0.4 is 0 Å². The second-order valence-corrected chi connectivity index (χ2v) is 3.34. The summed E-state index contributed by atoms with van der Waals surface area (Å²) in [6.07, 6.45) is -1.05. The van der Waals surface area contributed by atoms with Gasteiger partial charge in [-0.15, -0.1) is 0 Å². The number of hydrogen-bond acceptors (Lipinski definition) is 4. The van der Waals surface area contributed by atoms with E-state index in [-0.39, 0.29) is 12.0 Å². The molecule has 0 spiro atoms. The lowest BCUT2D eigenvalue weighted by atomic mass is 10.2. The zero-order valence-electron chi connectivity index (χ0n) is 9.60. The van der Waals surface area contributed by atoms with Crippen molar-refractivity contribution in [1.29, 1.82) is 0 Å². The summed E-state index contributed by atoms with van der Waals surface area (Å²) in [6.45, 7) is 2.80. The maximum atomic E-state index is 13.0. The van der Waals surface area contributed by atoms with Crippen molar-refractivity contribution >= 4 is 11.9 Å². The van der Waals surface area contributed by atoms with Crippen LogP contribution in [0.25, 0.3) is 0 Å². The van der Waals surface area contributed by atoms with Gasteiger partial charge in [-0.05, 0) is 12.1 Å². The molecule has 1 aromatic carbocycles. The van der Waals surface area contributed by atoms with Crippen LogP contribution in [0, 0.1) is 5.82 Å². The standard InChI is InChI=1S/C12H13FO4/c1-3-11(15)17-12(16-8(2)14)9-5-4-6-10(13)7-9/h4-7,12H,3H2,1-2H3. The lowest BCUT2D eigenvalue weighted by Crippen LogP contribution is -2.16. The Morgan fingerprint density at radius 1 is 1.35 bits per heavy atom. The number of carbonyl (C=O) groups excluding carboxylic acids is 2. The van der Waals surface area contributed by atoms with Crippen LogP contribution in [0.15, 0.2) is 24.3 Å². The van der Waals surface area contributed by atoms with Gasteiger partial charge < -0.3 is 9.47 Å². The molecule has 0 aliphatic rings. The highest BCUT2D eigenvalue weighted by molar-refractivity contribution is 5.70. The quantitative estimate of drug-likeness (QED) is 0.598. The second kappa shape index (κ2) is 5.98. The van der Waals surface area contributed by atoms with E-state index in [4.69, 9.17) is 9.47 Å². The van der Waals surface area contributed by atoms with Gasteiger partial charge in [0.05, 0.1) is 0 Å². The Balaban J connectivity index is 2.89. The van der Waals surface area contributed by atoms with Gasteiger partial charge in [0.25, 0.3) is 6.29 Å². The molecule has 4 nitrogen and oxygen atoms in total. The fraction of sp³-hybridized carbons (Fsp3) is 0.333. The molecule has 0 radical (unpaired) electrons. The van der Waals surface area contributed by atoms with Crippen molar-refractivity contribution in [2.45, 2.75) is 26.6 Å². The Labute approximate surface area is 98.3 Å². The molecule has 0 aliphatic carbocycles. The highest BCUT2D eigenvalue weighted by atomic mass is 19.1. The number of rotatable bonds is 4. The van der Waals surface area contributed by atoms with Gasteiger partial charge in [-0.1, -0.05) is 19.1 Å². The normalized spacial score (nSPS) is 11.7. The summed E-state index contributed by atoms with van der Waals surface area (Å²) in [5.41, 5.74) is 0.280. The first-order valence-electron chi connectivity index (χ1n) is 5.15. The van der Waals surface area contributed by atoms with Gasteiger partial charge in [-0.25, -0.2) is 4.39 Å². The fourth-order valence-electron chi connectivity index (χ4n) is 1.17. The number of esters is 2. The summed E-state index contributed by atoms with van der Waals surface area (Å²) in [7, 11) is 0. The number of benzene rings is 1. The number of ether oxygens (including phenoxy) is 2. The van der Waals surface area contributed by atoms with E-state index in [1.807, 2.05) is 0 Å². The Hall–Kier alpha value is -1.91. The van der Waals surface area contributed by atoms with E-state index in [9.17, 15) is 14.0 Å². The maximum absolute atomic E-state index is 13.0. The van der Waals surface area contributed by atoms with Crippen molar-refractivity contribution in [3.8, 4) is 0 Å². The molecule has 0 amide bonds. The molecule has 1 atom stereocenters. The van der Waals surface area contributed by atoms with Gasteiger partial charge >= 0.3 is 11.9 Å². The number of carbonyl (C=O) groups is 2. The molecular formula is C12H13FO4. The third-order valence-corrected chi connectivity index (χ3v) is 1.92. The molecule has 1 aromatic rings. The van der Waals surface area contributed by atoms with Crippen LogP contribution in [0.4, 0.5) is 4.39 Å². The van der Waals surface area contributed by atoms with Crippen molar-refractivity contribution in [2.75, 3.05) is 0 Å². The van der Waals surface area contributed by atoms with Crippen LogP contribution in [-0.2, 0) is 19.1 Å². The van der Waals surface area contributed by atoms with E-state index in [0.29, 0.717) is 0 Å². The zero-order chi connectivity index (χ0) is 12.8. The van der Waals surface area contributed by atoms with Gasteiger partial charge in [0.1, 0.15) is 5.82 Å². The summed E-state index contributed by atoms with van der Waals surface area (Å²) in [6, 6.07) is 5.35. The molecule has 0 fully saturated rings. The van der Waals surface area contributed by atoms with Gasteiger partial charge in [0, 0.05) is 18.9 Å². The van der Waals surface area contributed by atoms with Crippen LogP contribution in [0.2, 0.25) is 0 Å². The predicted molar refractivity (Wildman–Crippen MR) is 57.3 cm³/mol. The van der Waals surface area contributed by atoms with Crippen molar-refractivity contribution < 1.29 is 23.5 Å². The maximum Gasteiger partial charge on any atom is 0.308 e. The van der Waals surface area contributed by atoms with E-state index >= 15 is 0 Å². The second-order valence-electron chi connectivity index (χ2n) is 3.34. The lowest BCUT2D eigenvalue weighted by Gasteiger charge is -2.17. The van der Waals surface area contributed by atoms with Crippen LogP contribution in [-0.4, -0.2) is 11.9 Å². The monoisotopic (exact) mass is 240 g/mol. The highest BCUT2D eigenvalue weighted by Crippen LogP contribution is 2.20. The van der Waals surface area contributed by atoms with Crippen molar-refractivity contribution in [1.82, 2.24) is 0 Å². The lowest BCUT2D eigenvalue weighted by molar-refractivity contribution is -0.188. The fourth-order valence-corrected chi connectivity index (χ4v) is 1.17. The van der Waals surface area contributed by atoms with Gasteiger partial charge in [-0.2, -0.15) is 0 Å².